The third-order valence-electron chi connectivity index (χ3n) is 3.24. The summed E-state index contributed by atoms with van der Waals surface area (Å²) in [5.74, 6) is 0.983. The Kier molecular flexibility index (Phi) is 3.33. The topological polar surface area (TPSA) is 45.6 Å². The summed E-state index contributed by atoms with van der Waals surface area (Å²) >= 11 is 0. The molecule has 19 heavy (non-hydrogen) atoms. The summed E-state index contributed by atoms with van der Waals surface area (Å²) in [7, 11) is 0. The Hall–Kier alpha value is -2.07. The Morgan fingerprint density at radius 2 is 2.11 bits per heavy atom. The van der Waals surface area contributed by atoms with Crippen LogP contribution < -0.4 is 5.32 Å². The molecule has 0 radical (unpaired) electrons. The molecule has 0 aliphatic carbocycles. The van der Waals surface area contributed by atoms with Gasteiger partial charge in [0.2, 0.25) is 0 Å². The Labute approximate surface area is 112 Å². The monoisotopic (exact) mass is 254 g/mol. The zero-order chi connectivity index (χ0) is 13.1. The quantitative estimate of drug-likeness (QED) is 0.735. The fourth-order valence-electron chi connectivity index (χ4n) is 2.21. The Bertz CT molecular complexity index is 632. The van der Waals surface area contributed by atoms with E-state index in [1.807, 2.05) is 24.3 Å². The van der Waals surface area contributed by atoms with Crippen molar-refractivity contribution in [2.75, 3.05) is 0 Å². The van der Waals surface area contributed by atoms with E-state index >= 15 is 0 Å². The van der Waals surface area contributed by atoms with Gasteiger partial charge < -0.3 is 14.9 Å². The molecule has 0 atom stereocenters. The molecule has 0 bridgehead atoms. The third kappa shape index (κ3) is 2.69. The molecule has 1 aromatic carbocycles. The number of imidazole rings is 1. The summed E-state index contributed by atoms with van der Waals surface area (Å²) in [6.07, 6.45) is 4.28. The van der Waals surface area contributed by atoms with Crippen molar-refractivity contribution >= 4 is 11.0 Å². The van der Waals surface area contributed by atoms with E-state index < -0.39 is 0 Å². The number of rotatable bonds is 5. The summed E-state index contributed by atoms with van der Waals surface area (Å²) in [6, 6.07) is 10.2. The lowest BCUT2D eigenvalue weighted by Crippen LogP contribution is -2.13. The molecular formula is C15H18N4. The number of nitrogens with zero attached hydrogens (tertiary/aromatic N) is 2. The standard InChI is InChI=1S/C15H18N4/c1-2-19-8-7-12(11-19)9-16-10-15-17-13-5-3-4-6-14(13)18-15/h3-8,11,16H,2,9-10H2,1H3,(H,17,18). The number of nitrogens with one attached hydrogen (secondary N) is 2. The predicted molar refractivity (Wildman–Crippen MR) is 76.7 cm³/mol. The number of aromatic nitrogens is 3. The van der Waals surface area contributed by atoms with Gasteiger partial charge in [0, 0.05) is 25.5 Å². The number of para-hydroxylation sites is 2. The molecule has 3 aromatic rings. The second kappa shape index (κ2) is 5.28. The van der Waals surface area contributed by atoms with Gasteiger partial charge in [-0.1, -0.05) is 12.1 Å². The van der Waals surface area contributed by atoms with E-state index in [1.165, 1.54) is 5.56 Å². The van der Waals surface area contributed by atoms with Crippen molar-refractivity contribution in [1.29, 1.82) is 0 Å². The smallest absolute Gasteiger partial charge is 0.121 e. The van der Waals surface area contributed by atoms with Gasteiger partial charge in [0.05, 0.1) is 17.6 Å². The van der Waals surface area contributed by atoms with Crippen LogP contribution in [0.15, 0.2) is 42.7 Å². The number of hydrogen-bond acceptors (Lipinski definition) is 2. The molecule has 4 nitrogen and oxygen atoms in total. The Morgan fingerprint density at radius 3 is 2.89 bits per heavy atom. The minimum Gasteiger partial charge on any atom is -0.354 e. The average Bonchev–Trinajstić information content (AvgIpc) is 3.04. The summed E-state index contributed by atoms with van der Waals surface area (Å²) < 4.78 is 2.18. The van der Waals surface area contributed by atoms with Gasteiger partial charge in [-0.15, -0.1) is 0 Å². The van der Waals surface area contributed by atoms with Crippen LogP contribution in [0.3, 0.4) is 0 Å². The fraction of sp³-hybridized carbons (Fsp3) is 0.267. The molecule has 3 rings (SSSR count). The van der Waals surface area contributed by atoms with Crippen LogP contribution in [-0.2, 0) is 19.6 Å². The molecule has 2 N–H and O–H groups in total. The lowest BCUT2D eigenvalue weighted by atomic mass is 10.3. The van der Waals surface area contributed by atoms with Crippen molar-refractivity contribution in [3.63, 3.8) is 0 Å². The maximum Gasteiger partial charge on any atom is 0.121 e. The molecule has 2 aromatic heterocycles. The van der Waals surface area contributed by atoms with Gasteiger partial charge >= 0.3 is 0 Å². The SMILES string of the molecule is CCn1ccc(CNCc2nc3ccccc3[nH]2)c1. The van der Waals surface area contributed by atoms with Crippen LogP contribution in [0, 0.1) is 0 Å². The third-order valence-corrected chi connectivity index (χ3v) is 3.24. The Morgan fingerprint density at radius 1 is 1.21 bits per heavy atom. The highest BCUT2D eigenvalue weighted by Crippen LogP contribution is 2.10. The number of aryl methyl sites for hydroxylation is 1. The second-order valence-corrected chi connectivity index (χ2v) is 4.65. The van der Waals surface area contributed by atoms with Crippen LogP contribution in [0.1, 0.15) is 18.3 Å². The predicted octanol–water partition coefficient (Wildman–Crippen LogP) is 2.67. The van der Waals surface area contributed by atoms with Gasteiger partial charge in [-0.3, -0.25) is 0 Å². The van der Waals surface area contributed by atoms with Gasteiger partial charge in [-0.05, 0) is 30.7 Å². The molecule has 0 amide bonds. The summed E-state index contributed by atoms with van der Waals surface area (Å²) in [5.41, 5.74) is 3.42. The molecule has 4 heteroatoms. The van der Waals surface area contributed by atoms with Crippen LogP contribution >= 0.6 is 0 Å². The fourth-order valence-corrected chi connectivity index (χ4v) is 2.21. The zero-order valence-electron chi connectivity index (χ0n) is 11.1. The molecule has 0 saturated carbocycles. The zero-order valence-corrected chi connectivity index (χ0v) is 11.1. The van der Waals surface area contributed by atoms with E-state index in [1.54, 1.807) is 0 Å². The second-order valence-electron chi connectivity index (χ2n) is 4.65. The highest BCUT2D eigenvalue weighted by molar-refractivity contribution is 5.74. The van der Waals surface area contributed by atoms with Gasteiger partial charge in [0.15, 0.2) is 0 Å². The maximum atomic E-state index is 4.54. The molecule has 0 saturated heterocycles. The summed E-state index contributed by atoms with van der Waals surface area (Å²) in [5, 5.41) is 3.41. The first-order valence-electron chi connectivity index (χ1n) is 6.64. The van der Waals surface area contributed by atoms with E-state index in [-0.39, 0.29) is 0 Å². The van der Waals surface area contributed by atoms with Crippen molar-refractivity contribution in [1.82, 2.24) is 19.9 Å². The molecule has 0 unspecified atom stereocenters. The van der Waals surface area contributed by atoms with Crippen molar-refractivity contribution in [3.8, 4) is 0 Å². The molecule has 98 valence electrons. The van der Waals surface area contributed by atoms with Gasteiger partial charge in [0.25, 0.3) is 0 Å². The molecule has 2 heterocycles. The highest BCUT2D eigenvalue weighted by atomic mass is 15.0. The first-order chi connectivity index (χ1) is 9.35. The van der Waals surface area contributed by atoms with E-state index in [2.05, 4.69) is 45.2 Å². The van der Waals surface area contributed by atoms with Crippen LogP contribution in [0.4, 0.5) is 0 Å². The molecule has 0 spiro atoms. The summed E-state index contributed by atoms with van der Waals surface area (Å²) in [4.78, 5) is 7.86. The number of benzene rings is 1. The number of aromatic amines is 1. The highest BCUT2D eigenvalue weighted by Gasteiger charge is 2.01. The normalized spacial score (nSPS) is 11.2. The van der Waals surface area contributed by atoms with E-state index in [4.69, 9.17) is 0 Å². The first kappa shape index (κ1) is 12.0. The van der Waals surface area contributed by atoms with Gasteiger partial charge in [-0.25, -0.2) is 4.98 Å². The van der Waals surface area contributed by atoms with Gasteiger partial charge in [-0.2, -0.15) is 0 Å². The summed E-state index contributed by atoms with van der Waals surface area (Å²) in [6.45, 7) is 4.78. The van der Waals surface area contributed by atoms with Crippen LogP contribution in [0.2, 0.25) is 0 Å². The lowest BCUT2D eigenvalue weighted by molar-refractivity contribution is 0.667. The van der Waals surface area contributed by atoms with Gasteiger partial charge in [0.1, 0.15) is 5.82 Å². The van der Waals surface area contributed by atoms with Crippen molar-refractivity contribution in [2.24, 2.45) is 0 Å². The van der Waals surface area contributed by atoms with Crippen molar-refractivity contribution < 1.29 is 0 Å². The molecule has 0 aliphatic rings. The van der Waals surface area contributed by atoms with Crippen LogP contribution in [0.25, 0.3) is 11.0 Å². The molecule has 0 fully saturated rings. The van der Waals surface area contributed by atoms with Crippen molar-refractivity contribution in [2.45, 2.75) is 26.6 Å². The number of hydrogen-bond donors (Lipinski definition) is 2. The van der Waals surface area contributed by atoms with E-state index in [0.29, 0.717) is 0 Å². The minimum absolute atomic E-state index is 0.756. The lowest BCUT2D eigenvalue weighted by Gasteiger charge is -2.00. The van der Waals surface area contributed by atoms with Crippen LogP contribution in [0.5, 0.6) is 0 Å². The molecule has 0 aliphatic heterocycles. The Balaban J connectivity index is 1.59. The largest absolute Gasteiger partial charge is 0.354 e. The molecular weight excluding hydrogens is 236 g/mol. The number of fused-ring (bicyclic) bond motifs is 1. The van der Waals surface area contributed by atoms with Crippen LogP contribution in [-0.4, -0.2) is 14.5 Å². The first-order valence-corrected chi connectivity index (χ1v) is 6.64. The van der Waals surface area contributed by atoms with Crippen molar-refractivity contribution in [3.05, 3.63) is 54.1 Å². The number of H-pyrrole nitrogens is 1. The van der Waals surface area contributed by atoms with E-state index in [0.717, 1.165) is 36.5 Å². The maximum absolute atomic E-state index is 4.54. The van der Waals surface area contributed by atoms with E-state index in [9.17, 15) is 0 Å². The minimum atomic E-state index is 0.756. The average molecular weight is 254 g/mol.